The smallest absolute Gasteiger partial charge is 0.203 e. The van der Waals surface area contributed by atoms with Crippen molar-refractivity contribution < 1.29 is 0 Å². The fourth-order valence-electron chi connectivity index (χ4n) is 2.13. The van der Waals surface area contributed by atoms with E-state index in [4.69, 9.17) is 5.73 Å². The maximum absolute atomic E-state index is 6.01. The van der Waals surface area contributed by atoms with Crippen molar-refractivity contribution in [1.29, 1.82) is 0 Å². The minimum absolute atomic E-state index is 0.156. The van der Waals surface area contributed by atoms with Gasteiger partial charge in [0.1, 0.15) is 5.52 Å². The van der Waals surface area contributed by atoms with Crippen molar-refractivity contribution in [3.63, 3.8) is 0 Å². The quantitative estimate of drug-likeness (QED) is 0.768. The van der Waals surface area contributed by atoms with E-state index in [-0.39, 0.29) is 6.04 Å². The van der Waals surface area contributed by atoms with Gasteiger partial charge in [-0.1, -0.05) is 0 Å². The van der Waals surface area contributed by atoms with Gasteiger partial charge in [0.2, 0.25) is 5.95 Å². The lowest BCUT2D eigenvalue weighted by Crippen LogP contribution is -2.09. The minimum atomic E-state index is 0.156. The van der Waals surface area contributed by atoms with Crippen molar-refractivity contribution >= 4 is 28.4 Å². The van der Waals surface area contributed by atoms with Crippen LogP contribution in [0.2, 0.25) is 0 Å². The molecule has 0 amide bonds. The van der Waals surface area contributed by atoms with E-state index in [2.05, 4.69) is 35.9 Å². The van der Waals surface area contributed by atoms with Crippen molar-refractivity contribution in [2.45, 2.75) is 19.9 Å². The molecule has 92 valence electrons. The maximum Gasteiger partial charge on any atom is 0.203 e. The van der Waals surface area contributed by atoms with E-state index >= 15 is 0 Å². The van der Waals surface area contributed by atoms with Crippen molar-refractivity contribution in [3.8, 4) is 0 Å². The van der Waals surface area contributed by atoms with Crippen LogP contribution in [0.1, 0.15) is 22.7 Å². The molecule has 0 aliphatic carbocycles. The van der Waals surface area contributed by atoms with Crippen molar-refractivity contribution in [3.05, 3.63) is 40.2 Å². The Morgan fingerprint density at radius 2 is 2.17 bits per heavy atom. The largest absolute Gasteiger partial charge is 0.369 e. The summed E-state index contributed by atoms with van der Waals surface area (Å²) < 4.78 is 1.99. The number of fused-ring (bicyclic) bond motifs is 1. The molecule has 0 saturated heterocycles. The molecular weight excluding hydrogens is 244 g/mol. The molecule has 4 nitrogen and oxygen atoms in total. The second-order valence-corrected chi connectivity index (χ2v) is 5.63. The number of imidazole rings is 1. The summed E-state index contributed by atoms with van der Waals surface area (Å²) in [5.74, 6) is 0.516. The average molecular weight is 258 g/mol. The standard InChI is InChI=1S/C13H14N4S/c1-8-5-6-11(18-8)9(2)17-12-10(16-13(17)14)4-3-7-15-12/h3-7,9H,1-2H3,(H2,14,16). The molecule has 0 aliphatic rings. The van der Waals surface area contributed by atoms with Gasteiger partial charge in [-0.15, -0.1) is 11.3 Å². The summed E-state index contributed by atoms with van der Waals surface area (Å²) in [4.78, 5) is 11.3. The number of pyridine rings is 1. The zero-order valence-electron chi connectivity index (χ0n) is 10.3. The normalized spacial score (nSPS) is 13.0. The highest BCUT2D eigenvalue weighted by molar-refractivity contribution is 7.12. The van der Waals surface area contributed by atoms with Crippen LogP contribution in [0.5, 0.6) is 0 Å². The number of aryl methyl sites for hydroxylation is 1. The molecule has 3 rings (SSSR count). The number of rotatable bonds is 2. The lowest BCUT2D eigenvalue weighted by atomic mass is 10.2. The first-order valence-corrected chi connectivity index (χ1v) is 6.63. The van der Waals surface area contributed by atoms with Gasteiger partial charge >= 0.3 is 0 Å². The lowest BCUT2D eigenvalue weighted by molar-refractivity contribution is 0.674. The van der Waals surface area contributed by atoms with Crippen molar-refractivity contribution in [2.75, 3.05) is 5.73 Å². The molecule has 1 unspecified atom stereocenters. The topological polar surface area (TPSA) is 56.7 Å². The third kappa shape index (κ3) is 1.67. The average Bonchev–Trinajstić information content (AvgIpc) is 2.91. The molecule has 3 aromatic heterocycles. The summed E-state index contributed by atoms with van der Waals surface area (Å²) in [5.41, 5.74) is 7.70. The van der Waals surface area contributed by atoms with Gasteiger partial charge in [-0.2, -0.15) is 0 Å². The molecule has 0 aliphatic heterocycles. The number of aromatic nitrogens is 3. The summed E-state index contributed by atoms with van der Waals surface area (Å²) in [6, 6.07) is 8.22. The first kappa shape index (κ1) is 11.2. The van der Waals surface area contributed by atoms with Crippen LogP contribution in [0, 0.1) is 6.92 Å². The molecular formula is C13H14N4S. The van der Waals surface area contributed by atoms with Crippen LogP contribution in [0.25, 0.3) is 11.2 Å². The maximum atomic E-state index is 6.01. The molecule has 0 spiro atoms. The molecule has 0 fully saturated rings. The summed E-state index contributed by atoms with van der Waals surface area (Å²) in [6.45, 7) is 4.23. The van der Waals surface area contributed by atoms with E-state index < -0.39 is 0 Å². The summed E-state index contributed by atoms with van der Waals surface area (Å²) in [5, 5.41) is 0. The SMILES string of the molecule is Cc1ccc(C(C)n2c(N)nc3cccnc32)s1. The molecule has 1 atom stereocenters. The predicted molar refractivity (Wildman–Crippen MR) is 74.8 cm³/mol. The van der Waals surface area contributed by atoms with Gasteiger partial charge in [-0.05, 0) is 38.1 Å². The number of nitrogens with two attached hydrogens (primary N) is 1. The summed E-state index contributed by atoms with van der Waals surface area (Å²) in [7, 11) is 0. The van der Waals surface area contributed by atoms with E-state index in [0.717, 1.165) is 11.2 Å². The third-order valence-electron chi connectivity index (χ3n) is 3.04. The second-order valence-electron chi connectivity index (χ2n) is 4.31. The molecule has 0 aromatic carbocycles. The molecule has 5 heteroatoms. The molecule has 3 heterocycles. The highest BCUT2D eigenvalue weighted by atomic mass is 32.1. The van der Waals surface area contributed by atoms with Crippen LogP contribution in [0.3, 0.4) is 0 Å². The predicted octanol–water partition coefficient (Wildman–Crippen LogP) is 2.99. The van der Waals surface area contributed by atoms with E-state index in [1.54, 1.807) is 17.5 Å². The van der Waals surface area contributed by atoms with Crippen LogP contribution in [-0.2, 0) is 0 Å². The number of nitrogen functional groups attached to an aromatic ring is 1. The molecule has 0 saturated carbocycles. The number of hydrogen-bond donors (Lipinski definition) is 1. The molecule has 2 N–H and O–H groups in total. The minimum Gasteiger partial charge on any atom is -0.369 e. The van der Waals surface area contributed by atoms with E-state index in [1.807, 2.05) is 16.7 Å². The van der Waals surface area contributed by atoms with Gasteiger partial charge in [-0.25, -0.2) is 9.97 Å². The molecule has 0 bridgehead atoms. The highest BCUT2D eigenvalue weighted by Gasteiger charge is 2.17. The number of anilines is 1. The van der Waals surface area contributed by atoms with Crippen molar-refractivity contribution in [2.24, 2.45) is 0 Å². The first-order chi connectivity index (χ1) is 8.66. The number of hydrogen-bond acceptors (Lipinski definition) is 4. The Hall–Kier alpha value is -1.88. The fraction of sp³-hybridized carbons (Fsp3) is 0.231. The van der Waals surface area contributed by atoms with Gasteiger partial charge < -0.3 is 5.73 Å². The molecule has 3 aromatic rings. The Bertz CT molecular complexity index is 698. The zero-order valence-corrected chi connectivity index (χ0v) is 11.1. The van der Waals surface area contributed by atoms with Crippen LogP contribution in [0.4, 0.5) is 5.95 Å². The summed E-state index contributed by atoms with van der Waals surface area (Å²) in [6.07, 6.45) is 1.77. The van der Waals surface area contributed by atoms with E-state index in [9.17, 15) is 0 Å². The third-order valence-corrected chi connectivity index (χ3v) is 4.21. The lowest BCUT2D eigenvalue weighted by Gasteiger charge is -2.13. The zero-order chi connectivity index (χ0) is 12.7. The van der Waals surface area contributed by atoms with Gasteiger partial charge in [0.05, 0.1) is 6.04 Å². The fourth-order valence-corrected chi connectivity index (χ4v) is 3.05. The van der Waals surface area contributed by atoms with Gasteiger partial charge in [0.15, 0.2) is 5.65 Å². The number of thiophene rings is 1. The van der Waals surface area contributed by atoms with Crippen LogP contribution in [-0.4, -0.2) is 14.5 Å². The summed E-state index contributed by atoms with van der Waals surface area (Å²) >= 11 is 1.78. The Labute approximate surface area is 109 Å². The Morgan fingerprint density at radius 1 is 1.33 bits per heavy atom. The molecule has 0 radical (unpaired) electrons. The number of nitrogens with zero attached hydrogens (tertiary/aromatic N) is 3. The van der Waals surface area contributed by atoms with Gasteiger partial charge in [0.25, 0.3) is 0 Å². The van der Waals surface area contributed by atoms with Gasteiger partial charge in [-0.3, -0.25) is 4.57 Å². The second kappa shape index (κ2) is 4.10. The molecule has 18 heavy (non-hydrogen) atoms. The van der Waals surface area contributed by atoms with Crippen LogP contribution < -0.4 is 5.73 Å². The van der Waals surface area contributed by atoms with Gasteiger partial charge in [0, 0.05) is 16.0 Å². The Morgan fingerprint density at radius 3 is 2.89 bits per heavy atom. The Kier molecular flexibility index (Phi) is 2.56. The van der Waals surface area contributed by atoms with Crippen LogP contribution in [0.15, 0.2) is 30.5 Å². The highest BCUT2D eigenvalue weighted by Crippen LogP contribution is 2.30. The first-order valence-electron chi connectivity index (χ1n) is 5.81. The van der Waals surface area contributed by atoms with E-state index in [0.29, 0.717) is 5.95 Å². The Balaban J connectivity index is 2.16. The van der Waals surface area contributed by atoms with Crippen molar-refractivity contribution in [1.82, 2.24) is 14.5 Å². The van der Waals surface area contributed by atoms with E-state index in [1.165, 1.54) is 9.75 Å². The monoisotopic (exact) mass is 258 g/mol. The van der Waals surface area contributed by atoms with Crippen LogP contribution >= 0.6 is 11.3 Å².